The van der Waals surface area contributed by atoms with Gasteiger partial charge in [-0.1, -0.05) is 50.6 Å². The summed E-state index contributed by atoms with van der Waals surface area (Å²) in [6, 6.07) is 9.52. The van der Waals surface area contributed by atoms with Crippen molar-refractivity contribution in [1.82, 2.24) is 0 Å². The Kier molecular flexibility index (Phi) is 3.69. The molecule has 0 saturated carbocycles. The summed E-state index contributed by atoms with van der Waals surface area (Å²) in [7, 11) is 0. The molecule has 0 fully saturated rings. The maximum atomic E-state index is 11.7. The first-order valence-corrected chi connectivity index (χ1v) is 4.85. The quantitative estimate of drug-likeness (QED) is 0.643. The van der Waals surface area contributed by atoms with E-state index in [9.17, 15) is 4.79 Å². The van der Waals surface area contributed by atoms with Crippen LogP contribution in [0.25, 0.3) is 0 Å². The summed E-state index contributed by atoms with van der Waals surface area (Å²) in [5, 5.41) is 0. The summed E-state index contributed by atoms with van der Waals surface area (Å²) in [4.78, 5) is 11.7. The average molecular weight is 176 g/mol. The Morgan fingerprint density at radius 1 is 1.31 bits per heavy atom. The van der Waals surface area contributed by atoms with Crippen molar-refractivity contribution in [3.63, 3.8) is 0 Å². The van der Waals surface area contributed by atoms with E-state index >= 15 is 0 Å². The Bertz CT molecular complexity index is 264. The molecule has 1 atom stereocenters. The first-order valence-electron chi connectivity index (χ1n) is 4.85. The van der Waals surface area contributed by atoms with Crippen LogP contribution in [0, 0.1) is 5.92 Å². The maximum absolute atomic E-state index is 11.7. The fourth-order valence-electron chi connectivity index (χ4n) is 1.45. The van der Waals surface area contributed by atoms with Crippen LogP contribution in [0.1, 0.15) is 37.0 Å². The predicted molar refractivity (Wildman–Crippen MR) is 54.8 cm³/mol. The van der Waals surface area contributed by atoms with E-state index in [1.807, 2.05) is 37.3 Å². The normalized spacial score (nSPS) is 12.5. The van der Waals surface area contributed by atoms with Gasteiger partial charge in [0, 0.05) is 11.5 Å². The van der Waals surface area contributed by atoms with Crippen LogP contribution >= 0.6 is 0 Å². The maximum Gasteiger partial charge on any atom is 0.165 e. The number of Topliss-reactive ketones (excluding diaryl/α,β-unsaturated/α-hetero) is 1. The third-order valence-corrected chi connectivity index (χ3v) is 2.23. The Labute approximate surface area is 79.8 Å². The highest BCUT2D eigenvalue weighted by atomic mass is 16.1. The minimum absolute atomic E-state index is 0.160. The largest absolute Gasteiger partial charge is 0.294 e. The van der Waals surface area contributed by atoms with Crippen LogP contribution in [-0.4, -0.2) is 5.78 Å². The molecule has 0 aliphatic heterocycles. The van der Waals surface area contributed by atoms with E-state index in [4.69, 9.17) is 0 Å². The predicted octanol–water partition coefficient (Wildman–Crippen LogP) is 3.31. The number of hydrogen-bond donors (Lipinski definition) is 0. The topological polar surface area (TPSA) is 17.1 Å². The van der Waals surface area contributed by atoms with E-state index in [2.05, 4.69) is 6.92 Å². The fraction of sp³-hybridized carbons (Fsp3) is 0.417. The molecule has 0 saturated heterocycles. The van der Waals surface area contributed by atoms with Crippen LogP contribution < -0.4 is 0 Å². The molecule has 1 rings (SSSR count). The minimum Gasteiger partial charge on any atom is -0.294 e. The third-order valence-electron chi connectivity index (χ3n) is 2.23. The van der Waals surface area contributed by atoms with Gasteiger partial charge in [-0.05, 0) is 6.42 Å². The zero-order chi connectivity index (χ0) is 9.68. The minimum atomic E-state index is 0.160. The molecule has 70 valence electrons. The molecular formula is C12H16O. The Morgan fingerprint density at radius 3 is 2.46 bits per heavy atom. The molecule has 0 N–H and O–H groups in total. The molecular weight excluding hydrogens is 160 g/mol. The van der Waals surface area contributed by atoms with Gasteiger partial charge in [0.15, 0.2) is 5.78 Å². The number of ketones is 1. The standard InChI is InChI=1S/C12H16O/c1-3-7-10(2)12(13)11-8-5-4-6-9-11/h4-6,8-10H,3,7H2,1-2H3. The Morgan fingerprint density at radius 2 is 1.92 bits per heavy atom. The lowest BCUT2D eigenvalue weighted by Gasteiger charge is -2.08. The van der Waals surface area contributed by atoms with E-state index < -0.39 is 0 Å². The molecule has 0 aliphatic carbocycles. The van der Waals surface area contributed by atoms with Gasteiger partial charge in [-0.3, -0.25) is 4.79 Å². The third kappa shape index (κ3) is 2.69. The molecule has 0 heterocycles. The average Bonchev–Trinajstić information content (AvgIpc) is 2.18. The Balaban J connectivity index is 2.68. The number of benzene rings is 1. The number of rotatable bonds is 4. The Hall–Kier alpha value is -1.11. The lowest BCUT2D eigenvalue weighted by atomic mass is 9.95. The molecule has 1 nitrogen and oxygen atoms in total. The van der Waals surface area contributed by atoms with Crippen molar-refractivity contribution in [1.29, 1.82) is 0 Å². The van der Waals surface area contributed by atoms with Crippen LogP contribution in [0.4, 0.5) is 0 Å². The van der Waals surface area contributed by atoms with E-state index in [1.165, 1.54) is 0 Å². The molecule has 0 amide bonds. The van der Waals surface area contributed by atoms with Gasteiger partial charge in [-0.25, -0.2) is 0 Å². The van der Waals surface area contributed by atoms with Gasteiger partial charge in [0.2, 0.25) is 0 Å². The highest BCUT2D eigenvalue weighted by Crippen LogP contribution is 2.12. The summed E-state index contributed by atoms with van der Waals surface area (Å²) in [5.41, 5.74) is 0.837. The molecule has 0 spiro atoms. The van der Waals surface area contributed by atoms with Crippen molar-refractivity contribution in [2.45, 2.75) is 26.7 Å². The zero-order valence-corrected chi connectivity index (χ0v) is 8.29. The highest BCUT2D eigenvalue weighted by Gasteiger charge is 2.12. The van der Waals surface area contributed by atoms with Gasteiger partial charge in [0.25, 0.3) is 0 Å². The smallest absolute Gasteiger partial charge is 0.165 e. The number of carbonyl (C=O) groups is 1. The van der Waals surface area contributed by atoms with Crippen molar-refractivity contribution >= 4 is 5.78 Å². The molecule has 0 aromatic heterocycles. The van der Waals surface area contributed by atoms with Gasteiger partial charge in [-0.2, -0.15) is 0 Å². The highest BCUT2D eigenvalue weighted by molar-refractivity contribution is 5.97. The molecule has 1 aromatic rings. The van der Waals surface area contributed by atoms with Crippen molar-refractivity contribution in [2.24, 2.45) is 5.92 Å². The van der Waals surface area contributed by atoms with Crippen LogP contribution in [0.5, 0.6) is 0 Å². The van der Waals surface area contributed by atoms with Gasteiger partial charge in [-0.15, -0.1) is 0 Å². The second kappa shape index (κ2) is 4.80. The summed E-state index contributed by atoms with van der Waals surface area (Å²) in [5.74, 6) is 0.426. The molecule has 13 heavy (non-hydrogen) atoms. The summed E-state index contributed by atoms with van der Waals surface area (Å²) in [6.45, 7) is 4.10. The van der Waals surface area contributed by atoms with Gasteiger partial charge in [0.05, 0.1) is 0 Å². The molecule has 0 radical (unpaired) electrons. The lowest BCUT2D eigenvalue weighted by molar-refractivity contribution is 0.0923. The molecule has 0 aliphatic rings. The van der Waals surface area contributed by atoms with Crippen molar-refractivity contribution in [3.8, 4) is 0 Å². The second-order valence-corrected chi connectivity index (χ2v) is 3.42. The zero-order valence-electron chi connectivity index (χ0n) is 8.29. The molecule has 0 bridgehead atoms. The van der Waals surface area contributed by atoms with Crippen molar-refractivity contribution < 1.29 is 4.79 Å². The van der Waals surface area contributed by atoms with Gasteiger partial charge in [0.1, 0.15) is 0 Å². The first kappa shape index (κ1) is 9.97. The van der Waals surface area contributed by atoms with E-state index in [0.29, 0.717) is 0 Å². The van der Waals surface area contributed by atoms with Gasteiger partial charge < -0.3 is 0 Å². The molecule has 1 unspecified atom stereocenters. The number of hydrogen-bond acceptors (Lipinski definition) is 1. The molecule has 1 aromatic carbocycles. The second-order valence-electron chi connectivity index (χ2n) is 3.42. The SMILES string of the molecule is CCCC(C)C(=O)c1ccccc1. The van der Waals surface area contributed by atoms with E-state index in [1.54, 1.807) is 0 Å². The monoisotopic (exact) mass is 176 g/mol. The lowest BCUT2D eigenvalue weighted by Crippen LogP contribution is -2.10. The summed E-state index contributed by atoms with van der Waals surface area (Å²) in [6.07, 6.45) is 2.05. The first-order chi connectivity index (χ1) is 6.25. The van der Waals surface area contributed by atoms with Crippen molar-refractivity contribution in [2.75, 3.05) is 0 Å². The summed E-state index contributed by atoms with van der Waals surface area (Å²) >= 11 is 0. The van der Waals surface area contributed by atoms with E-state index in [-0.39, 0.29) is 11.7 Å². The van der Waals surface area contributed by atoms with Gasteiger partial charge >= 0.3 is 0 Å². The van der Waals surface area contributed by atoms with Crippen LogP contribution in [0.15, 0.2) is 30.3 Å². The number of carbonyl (C=O) groups excluding carboxylic acids is 1. The fourth-order valence-corrected chi connectivity index (χ4v) is 1.45. The van der Waals surface area contributed by atoms with Crippen LogP contribution in [0.2, 0.25) is 0 Å². The molecule has 1 heteroatoms. The summed E-state index contributed by atoms with van der Waals surface area (Å²) < 4.78 is 0. The van der Waals surface area contributed by atoms with Crippen LogP contribution in [0.3, 0.4) is 0 Å². The van der Waals surface area contributed by atoms with E-state index in [0.717, 1.165) is 18.4 Å². The van der Waals surface area contributed by atoms with Crippen LogP contribution in [-0.2, 0) is 0 Å². The van der Waals surface area contributed by atoms with Crippen molar-refractivity contribution in [3.05, 3.63) is 35.9 Å².